The van der Waals surface area contributed by atoms with E-state index in [1.807, 2.05) is 0 Å². The number of halogens is 3. The first-order valence-electron chi connectivity index (χ1n) is 5.13. The van der Waals surface area contributed by atoms with Crippen molar-refractivity contribution < 1.29 is 32.6 Å². The molecule has 1 fully saturated rings. The Morgan fingerprint density at radius 2 is 2.11 bits per heavy atom. The van der Waals surface area contributed by atoms with Gasteiger partial charge >= 0.3 is 18.2 Å². The highest BCUT2D eigenvalue weighted by molar-refractivity contribution is 5.81. The monoisotopic (exact) mass is 267 g/mol. The van der Waals surface area contributed by atoms with Crippen LogP contribution >= 0.6 is 0 Å². The van der Waals surface area contributed by atoms with E-state index in [9.17, 15) is 22.8 Å². The molecule has 1 aliphatic heterocycles. The van der Waals surface area contributed by atoms with Gasteiger partial charge in [0.1, 0.15) is 12.6 Å². The van der Waals surface area contributed by atoms with Gasteiger partial charge in [0.25, 0.3) is 0 Å². The van der Waals surface area contributed by atoms with Crippen molar-refractivity contribution in [3.63, 3.8) is 0 Å². The van der Waals surface area contributed by atoms with Gasteiger partial charge in [-0.25, -0.2) is 9.59 Å². The van der Waals surface area contributed by atoms with E-state index < -0.39 is 36.6 Å². The Kier molecular flexibility index (Phi) is 4.20. The molecule has 0 unspecified atom stereocenters. The number of carboxylic acids is 1. The summed E-state index contributed by atoms with van der Waals surface area (Å²) < 4.78 is 42.4. The summed E-state index contributed by atoms with van der Waals surface area (Å²) in [7, 11) is 0. The van der Waals surface area contributed by atoms with Crippen LogP contribution in [0.25, 0.3) is 0 Å². The number of carbonyl (C=O) groups is 2. The van der Waals surface area contributed by atoms with Gasteiger partial charge in [-0.1, -0.05) is 12.7 Å². The van der Waals surface area contributed by atoms with E-state index in [1.165, 1.54) is 6.08 Å². The summed E-state index contributed by atoms with van der Waals surface area (Å²) in [5, 5.41) is 8.82. The van der Waals surface area contributed by atoms with Gasteiger partial charge in [-0.15, -0.1) is 0 Å². The second kappa shape index (κ2) is 5.28. The highest BCUT2D eigenvalue weighted by atomic mass is 19.4. The number of carbonyl (C=O) groups excluding carboxylic acids is 1. The van der Waals surface area contributed by atoms with Crippen LogP contribution in [0.2, 0.25) is 0 Å². The summed E-state index contributed by atoms with van der Waals surface area (Å²) in [6, 6.07) is -1.93. The van der Waals surface area contributed by atoms with E-state index in [0.717, 1.165) is 0 Å². The molecule has 1 rings (SSSR count). The lowest BCUT2D eigenvalue weighted by Crippen LogP contribution is -2.47. The fourth-order valence-electron chi connectivity index (χ4n) is 1.86. The third-order valence-electron chi connectivity index (χ3n) is 2.63. The van der Waals surface area contributed by atoms with Crippen LogP contribution in [0.1, 0.15) is 6.42 Å². The molecule has 0 spiro atoms. The zero-order valence-electron chi connectivity index (χ0n) is 9.31. The lowest BCUT2D eigenvalue weighted by molar-refractivity contribution is -0.187. The number of amides is 1. The smallest absolute Gasteiger partial charge is 0.410 e. The largest absolute Gasteiger partial charge is 0.480 e. The molecule has 0 aromatic carbocycles. The molecule has 18 heavy (non-hydrogen) atoms. The van der Waals surface area contributed by atoms with Crippen molar-refractivity contribution in [2.45, 2.75) is 18.6 Å². The van der Waals surface area contributed by atoms with E-state index >= 15 is 0 Å². The third-order valence-corrected chi connectivity index (χ3v) is 2.63. The number of nitrogens with zero attached hydrogens (tertiary/aromatic N) is 1. The number of alkyl halides is 3. The molecular weight excluding hydrogens is 255 g/mol. The fourth-order valence-corrected chi connectivity index (χ4v) is 1.86. The maximum atomic E-state index is 12.6. The Bertz CT molecular complexity index is 356. The maximum Gasteiger partial charge on any atom is 0.410 e. The van der Waals surface area contributed by atoms with Gasteiger partial charge in [0.2, 0.25) is 0 Å². The zero-order chi connectivity index (χ0) is 13.9. The van der Waals surface area contributed by atoms with Crippen LogP contribution in [0.5, 0.6) is 0 Å². The Morgan fingerprint density at radius 3 is 2.56 bits per heavy atom. The first kappa shape index (κ1) is 14.3. The molecule has 102 valence electrons. The number of hydrogen-bond acceptors (Lipinski definition) is 3. The summed E-state index contributed by atoms with van der Waals surface area (Å²) in [5.74, 6) is -3.75. The lowest BCUT2D eigenvalue weighted by Gasteiger charge is -2.25. The van der Waals surface area contributed by atoms with Crippen LogP contribution in [0.4, 0.5) is 18.0 Å². The van der Waals surface area contributed by atoms with E-state index in [4.69, 9.17) is 5.11 Å². The highest BCUT2D eigenvalue weighted by Gasteiger charge is 2.55. The predicted octanol–water partition coefficient (Wildman–Crippen LogP) is 1.65. The van der Waals surface area contributed by atoms with Crippen LogP contribution in [-0.4, -0.2) is 47.4 Å². The number of aliphatic carboxylic acids is 1. The molecule has 1 aliphatic rings. The predicted molar refractivity (Wildman–Crippen MR) is 53.8 cm³/mol. The van der Waals surface area contributed by atoms with Crippen molar-refractivity contribution in [3.05, 3.63) is 12.7 Å². The first-order valence-corrected chi connectivity index (χ1v) is 5.13. The van der Waals surface area contributed by atoms with Gasteiger partial charge in [0, 0.05) is 6.54 Å². The maximum absolute atomic E-state index is 12.6. The molecular formula is C10H12F3NO4. The molecule has 2 atom stereocenters. The summed E-state index contributed by atoms with van der Waals surface area (Å²) in [5.41, 5.74) is 0. The van der Waals surface area contributed by atoms with Crippen LogP contribution in [0.15, 0.2) is 12.7 Å². The van der Waals surface area contributed by atoms with Crippen LogP contribution in [0.3, 0.4) is 0 Å². The van der Waals surface area contributed by atoms with Gasteiger partial charge in [-0.05, 0) is 6.42 Å². The fraction of sp³-hybridized carbons (Fsp3) is 0.600. The van der Waals surface area contributed by atoms with Crippen molar-refractivity contribution >= 4 is 12.1 Å². The van der Waals surface area contributed by atoms with Crippen LogP contribution in [-0.2, 0) is 9.53 Å². The number of likely N-dealkylation sites (tertiary alicyclic amines) is 1. The summed E-state index contributed by atoms with van der Waals surface area (Å²) in [6.45, 7) is 2.80. The SMILES string of the molecule is C=CCOC(=O)N1CC[C@@H](C(F)(F)F)[C@H]1C(=O)O. The van der Waals surface area contributed by atoms with Gasteiger partial charge in [0.15, 0.2) is 0 Å². The third kappa shape index (κ3) is 2.93. The summed E-state index contributed by atoms with van der Waals surface area (Å²) >= 11 is 0. The van der Waals surface area contributed by atoms with Crippen molar-refractivity contribution in [2.24, 2.45) is 5.92 Å². The lowest BCUT2D eigenvalue weighted by atomic mass is 10.0. The molecule has 0 aromatic rings. The van der Waals surface area contributed by atoms with Crippen molar-refractivity contribution in [2.75, 3.05) is 13.2 Å². The quantitative estimate of drug-likeness (QED) is 0.789. The molecule has 0 aromatic heterocycles. The number of carboxylic acid groups (broad SMARTS) is 1. The normalized spacial score (nSPS) is 23.8. The topological polar surface area (TPSA) is 66.8 Å². The molecule has 8 heteroatoms. The Labute approximate surface area is 101 Å². The van der Waals surface area contributed by atoms with Crippen LogP contribution < -0.4 is 0 Å². The van der Waals surface area contributed by atoms with Crippen molar-refractivity contribution in [1.82, 2.24) is 4.90 Å². The summed E-state index contributed by atoms with van der Waals surface area (Å²) in [6.07, 6.45) is -4.93. The van der Waals surface area contributed by atoms with Gasteiger partial charge in [-0.2, -0.15) is 13.2 Å². The molecule has 0 aliphatic carbocycles. The second-order valence-electron chi connectivity index (χ2n) is 3.78. The van der Waals surface area contributed by atoms with E-state index in [2.05, 4.69) is 11.3 Å². The molecule has 0 radical (unpaired) electrons. The second-order valence-corrected chi connectivity index (χ2v) is 3.78. The van der Waals surface area contributed by atoms with Crippen molar-refractivity contribution in [3.8, 4) is 0 Å². The van der Waals surface area contributed by atoms with Gasteiger partial charge < -0.3 is 9.84 Å². The average Bonchev–Trinajstić information content (AvgIpc) is 2.69. The average molecular weight is 267 g/mol. The molecule has 0 bridgehead atoms. The molecule has 0 saturated carbocycles. The van der Waals surface area contributed by atoms with Crippen LogP contribution in [0, 0.1) is 5.92 Å². The molecule has 1 heterocycles. The number of ether oxygens (including phenoxy) is 1. The highest BCUT2D eigenvalue weighted by Crippen LogP contribution is 2.38. The minimum absolute atomic E-state index is 0.182. The minimum atomic E-state index is -4.66. The Morgan fingerprint density at radius 1 is 1.50 bits per heavy atom. The molecule has 1 N–H and O–H groups in total. The Hall–Kier alpha value is -1.73. The molecule has 1 amide bonds. The number of hydrogen-bond donors (Lipinski definition) is 1. The molecule has 1 saturated heterocycles. The minimum Gasteiger partial charge on any atom is -0.480 e. The van der Waals surface area contributed by atoms with E-state index in [-0.39, 0.29) is 13.2 Å². The van der Waals surface area contributed by atoms with E-state index in [0.29, 0.717) is 4.90 Å². The Balaban J connectivity index is 2.85. The zero-order valence-corrected chi connectivity index (χ0v) is 9.31. The molecule has 5 nitrogen and oxygen atoms in total. The van der Waals surface area contributed by atoms with E-state index in [1.54, 1.807) is 0 Å². The van der Waals surface area contributed by atoms with Crippen molar-refractivity contribution in [1.29, 1.82) is 0 Å². The van der Waals surface area contributed by atoms with Gasteiger partial charge in [0.05, 0.1) is 5.92 Å². The number of rotatable bonds is 3. The first-order chi connectivity index (χ1) is 8.29. The summed E-state index contributed by atoms with van der Waals surface area (Å²) in [4.78, 5) is 22.9. The standard InChI is InChI=1S/C10H12F3NO4/c1-2-5-18-9(17)14-4-3-6(10(11,12)13)7(14)8(15)16/h2,6-7H,1,3-5H2,(H,15,16)/t6-,7+/m1/s1. The van der Waals surface area contributed by atoms with Gasteiger partial charge in [-0.3, -0.25) is 4.90 Å².